The van der Waals surface area contributed by atoms with E-state index in [1.807, 2.05) is 13.8 Å². The van der Waals surface area contributed by atoms with Gasteiger partial charge < -0.3 is 24.3 Å². The van der Waals surface area contributed by atoms with Crippen molar-refractivity contribution in [1.82, 2.24) is 9.97 Å². The molecule has 8 nitrogen and oxygen atoms in total. The fourth-order valence-corrected chi connectivity index (χ4v) is 3.74. The summed E-state index contributed by atoms with van der Waals surface area (Å²) in [5, 5.41) is 9.51. The first-order valence-corrected chi connectivity index (χ1v) is 8.22. The summed E-state index contributed by atoms with van der Waals surface area (Å²) in [5.41, 5.74) is 0.879. The van der Waals surface area contributed by atoms with Crippen molar-refractivity contribution in [1.29, 1.82) is 0 Å². The third-order valence-corrected chi connectivity index (χ3v) is 4.78. The van der Waals surface area contributed by atoms with Crippen molar-refractivity contribution in [3.05, 3.63) is 22.4 Å². The lowest BCUT2D eigenvalue weighted by Crippen LogP contribution is -2.31. The lowest BCUT2D eigenvalue weighted by molar-refractivity contribution is -0.190. The monoisotopic (exact) mass is 335 g/mol. The van der Waals surface area contributed by atoms with Gasteiger partial charge in [0, 0.05) is 12.1 Å². The number of hydrogen-bond acceptors (Lipinski definition) is 7. The number of aliphatic imine (C=N–C) groups is 1. The Balaban J connectivity index is 1.45. The molecule has 0 bridgehead atoms. The van der Waals surface area contributed by atoms with Crippen molar-refractivity contribution in [3.8, 4) is 0 Å². The van der Waals surface area contributed by atoms with E-state index in [0.717, 1.165) is 6.42 Å². The molecule has 8 heteroatoms. The molecule has 1 aromatic heterocycles. The minimum absolute atomic E-state index is 0.00661. The molecule has 4 rings (SSSR count). The summed E-state index contributed by atoms with van der Waals surface area (Å²) < 4.78 is 17.7. The van der Waals surface area contributed by atoms with Crippen LogP contribution in [0, 0.1) is 0 Å². The van der Waals surface area contributed by atoms with Gasteiger partial charge in [-0.3, -0.25) is 9.79 Å². The van der Waals surface area contributed by atoms with Crippen LogP contribution in [-0.2, 0) is 14.2 Å². The molecule has 2 fully saturated rings. The van der Waals surface area contributed by atoms with Gasteiger partial charge in [-0.2, -0.15) is 0 Å². The van der Waals surface area contributed by atoms with E-state index >= 15 is 0 Å². The number of aliphatic hydroxyl groups excluding tert-OH is 1. The Bertz CT molecular complexity index is 716. The highest BCUT2D eigenvalue weighted by Crippen LogP contribution is 2.41. The van der Waals surface area contributed by atoms with E-state index in [2.05, 4.69) is 15.0 Å². The van der Waals surface area contributed by atoms with Gasteiger partial charge in [0.1, 0.15) is 24.0 Å². The van der Waals surface area contributed by atoms with Crippen LogP contribution in [0.15, 0.2) is 16.1 Å². The molecular formula is C16H21N3O5. The van der Waals surface area contributed by atoms with Crippen LogP contribution in [0.3, 0.4) is 0 Å². The summed E-state index contributed by atoms with van der Waals surface area (Å²) >= 11 is 0. The zero-order chi connectivity index (χ0) is 16.9. The Hall–Kier alpha value is -1.61. The topological polar surface area (TPSA) is 106 Å². The molecule has 4 heterocycles. The molecule has 2 unspecified atom stereocenters. The molecule has 0 aliphatic carbocycles. The Morgan fingerprint density at radius 1 is 1.25 bits per heavy atom. The lowest BCUT2D eigenvalue weighted by atomic mass is 9.96. The molecular weight excluding hydrogens is 314 g/mol. The van der Waals surface area contributed by atoms with Crippen LogP contribution in [0.1, 0.15) is 38.3 Å². The standard InChI is InChI=1S/C16H21N3O5/c1-16(2)23-13-9(22-10(6-20)14(13)24-16)4-3-8-5-17-12-11(8)18-7-19-15(12)21/h5,7-10,13-14,20H,3-4,6H2,1-2H3,(H,18,19,21)/t8?,9?,10-,13+,14-/m1/s1. The molecule has 24 heavy (non-hydrogen) atoms. The molecule has 0 amide bonds. The minimum Gasteiger partial charge on any atom is -0.394 e. The number of nitrogens with zero attached hydrogens (tertiary/aromatic N) is 2. The van der Waals surface area contributed by atoms with E-state index in [9.17, 15) is 9.90 Å². The maximum Gasteiger partial charge on any atom is 0.276 e. The first-order valence-electron chi connectivity index (χ1n) is 8.22. The molecule has 0 aromatic carbocycles. The zero-order valence-electron chi connectivity index (χ0n) is 13.6. The van der Waals surface area contributed by atoms with E-state index in [0.29, 0.717) is 17.8 Å². The fourth-order valence-electron chi connectivity index (χ4n) is 3.74. The Kier molecular flexibility index (Phi) is 3.80. The van der Waals surface area contributed by atoms with Crippen molar-refractivity contribution in [2.24, 2.45) is 4.99 Å². The van der Waals surface area contributed by atoms with Crippen molar-refractivity contribution < 1.29 is 19.3 Å². The van der Waals surface area contributed by atoms with Gasteiger partial charge in [0.15, 0.2) is 5.79 Å². The Morgan fingerprint density at radius 3 is 2.75 bits per heavy atom. The van der Waals surface area contributed by atoms with Crippen molar-refractivity contribution in [2.75, 3.05) is 6.61 Å². The predicted octanol–water partition coefficient (Wildman–Crippen LogP) is 0.629. The summed E-state index contributed by atoms with van der Waals surface area (Å²) in [6, 6.07) is 0. The average Bonchev–Trinajstić information content (AvgIpc) is 3.17. The first-order chi connectivity index (χ1) is 11.5. The summed E-state index contributed by atoms with van der Waals surface area (Å²) in [5.74, 6) is -0.672. The van der Waals surface area contributed by atoms with Crippen LogP contribution in [-0.4, -0.2) is 58.1 Å². The number of hydrogen-bond donors (Lipinski definition) is 2. The molecule has 2 N–H and O–H groups in total. The Morgan fingerprint density at radius 2 is 2.00 bits per heavy atom. The van der Waals surface area contributed by atoms with Crippen molar-refractivity contribution in [3.63, 3.8) is 0 Å². The fraction of sp³-hybridized carbons (Fsp3) is 0.688. The van der Waals surface area contributed by atoms with Gasteiger partial charge in [-0.05, 0) is 26.7 Å². The van der Waals surface area contributed by atoms with E-state index in [-0.39, 0.29) is 42.5 Å². The van der Waals surface area contributed by atoms with E-state index in [1.165, 1.54) is 6.33 Å². The molecule has 0 spiro atoms. The van der Waals surface area contributed by atoms with Crippen LogP contribution >= 0.6 is 0 Å². The number of ether oxygens (including phenoxy) is 3. The van der Waals surface area contributed by atoms with Gasteiger partial charge in [0.2, 0.25) is 0 Å². The number of rotatable bonds is 4. The molecule has 5 atom stereocenters. The van der Waals surface area contributed by atoms with Crippen LogP contribution in [0.2, 0.25) is 0 Å². The maximum atomic E-state index is 11.7. The molecule has 3 aliphatic heterocycles. The highest BCUT2D eigenvalue weighted by molar-refractivity contribution is 5.78. The van der Waals surface area contributed by atoms with E-state index < -0.39 is 5.79 Å². The molecule has 2 saturated heterocycles. The highest BCUT2D eigenvalue weighted by Gasteiger charge is 2.54. The van der Waals surface area contributed by atoms with Gasteiger partial charge >= 0.3 is 0 Å². The van der Waals surface area contributed by atoms with Crippen LogP contribution in [0.4, 0.5) is 5.69 Å². The number of fused-ring (bicyclic) bond motifs is 2. The highest BCUT2D eigenvalue weighted by atomic mass is 16.8. The summed E-state index contributed by atoms with van der Waals surface area (Å²) in [7, 11) is 0. The summed E-state index contributed by atoms with van der Waals surface area (Å²) in [6.07, 6.45) is 3.65. The second kappa shape index (κ2) is 5.73. The molecule has 0 radical (unpaired) electrons. The molecule has 130 valence electrons. The van der Waals surface area contributed by atoms with Gasteiger partial charge in [-0.25, -0.2) is 4.98 Å². The normalized spacial score (nSPS) is 36.0. The predicted molar refractivity (Wildman–Crippen MR) is 84.6 cm³/mol. The van der Waals surface area contributed by atoms with E-state index in [4.69, 9.17) is 14.2 Å². The quantitative estimate of drug-likeness (QED) is 0.836. The van der Waals surface area contributed by atoms with Gasteiger partial charge in [0.05, 0.1) is 24.7 Å². The number of H-pyrrole nitrogens is 1. The van der Waals surface area contributed by atoms with Crippen LogP contribution in [0.25, 0.3) is 0 Å². The Labute approximate surface area is 138 Å². The van der Waals surface area contributed by atoms with Gasteiger partial charge in [-0.1, -0.05) is 0 Å². The second-order valence-corrected chi connectivity index (χ2v) is 6.89. The number of nitrogens with one attached hydrogen (secondary N) is 1. The third kappa shape index (κ3) is 2.59. The maximum absolute atomic E-state index is 11.7. The average molecular weight is 335 g/mol. The second-order valence-electron chi connectivity index (χ2n) is 6.89. The summed E-state index contributed by atoms with van der Waals surface area (Å²) in [6.45, 7) is 3.64. The minimum atomic E-state index is -0.666. The van der Waals surface area contributed by atoms with Crippen molar-refractivity contribution in [2.45, 2.75) is 62.8 Å². The zero-order valence-corrected chi connectivity index (χ0v) is 13.6. The third-order valence-electron chi connectivity index (χ3n) is 4.78. The van der Waals surface area contributed by atoms with Crippen LogP contribution < -0.4 is 5.56 Å². The lowest BCUT2D eigenvalue weighted by Gasteiger charge is -2.24. The largest absolute Gasteiger partial charge is 0.394 e. The number of aromatic nitrogens is 2. The van der Waals surface area contributed by atoms with Crippen LogP contribution in [0.5, 0.6) is 0 Å². The summed E-state index contributed by atoms with van der Waals surface area (Å²) in [4.78, 5) is 22.7. The molecule has 1 aromatic rings. The van der Waals surface area contributed by atoms with Gasteiger partial charge in [-0.15, -0.1) is 0 Å². The smallest absolute Gasteiger partial charge is 0.276 e. The van der Waals surface area contributed by atoms with Gasteiger partial charge in [0.25, 0.3) is 5.56 Å². The number of aliphatic hydroxyl groups is 1. The molecule has 3 aliphatic rings. The molecule has 0 saturated carbocycles. The first kappa shape index (κ1) is 15.9. The van der Waals surface area contributed by atoms with E-state index in [1.54, 1.807) is 6.21 Å². The van der Waals surface area contributed by atoms with Crippen molar-refractivity contribution >= 4 is 11.9 Å². The SMILES string of the molecule is CC1(C)O[C@@H]2[C@@H](CO)OC(CCC3C=Nc4c3nc[nH]c4=O)[C@@H]2O1. The number of aromatic amines is 1.